The Balaban J connectivity index is -0.0000000449. The molecule has 0 aliphatic carbocycles. The van der Waals surface area contributed by atoms with Crippen LogP contribution in [0.3, 0.4) is 0 Å². The van der Waals surface area contributed by atoms with Gasteiger partial charge in [0, 0.05) is 14.0 Å². The average Bonchev–Trinajstić information content (AvgIpc) is 2.22. The Hall–Kier alpha value is 0.220. The Kier molecular flexibility index (Phi) is 52.1. The Morgan fingerprint density at radius 1 is 1.06 bits per heavy atom. The predicted octanol–water partition coefficient (Wildman–Crippen LogP) is 2.21. The van der Waals surface area contributed by atoms with Crippen molar-refractivity contribution in [2.24, 2.45) is 0 Å². The van der Waals surface area contributed by atoms with Gasteiger partial charge < -0.3 is 20.6 Å². The molecular formula is C10H26Cl3NO4. The van der Waals surface area contributed by atoms with Gasteiger partial charge >= 0.3 is 0 Å². The van der Waals surface area contributed by atoms with Gasteiger partial charge in [0.15, 0.2) is 4.30 Å². The van der Waals surface area contributed by atoms with E-state index in [9.17, 15) is 0 Å². The third-order valence-electron chi connectivity index (χ3n) is 1.34. The fourth-order valence-electron chi connectivity index (χ4n) is 0.671. The zero-order valence-corrected chi connectivity index (χ0v) is 13.9. The second-order valence-corrected chi connectivity index (χ2v) is 4.37. The van der Waals surface area contributed by atoms with Crippen LogP contribution in [0.5, 0.6) is 0 Å². The number of aliphatic hydroxyl groups is 1. The summed E-state index contributed by atoms with van der Waals surface area (Å²) < 4.78 is -0.750. The molecule has 0 spiro atoms. The van der Waals surface area contributed by atoms with Gasteiger partial charge in [-0.25, -0.2) is 0 Å². The third kappa shape index (κ3) is 97.1. The lowest BCUT2D eigenvalue weighted by atomic mass is 10.5. The van der Waals surface area contributed by atoms with Gasteiger partial charge in [-0.05, 0) is 19.6 Å². The van der Waals surface area contributed by atoms with E-state index in [0.717, 1.165) is 14.0 Å². The first-order valence-corrected chi connectivity index (χ1v) is 6.41. The number of nitrogens with zero attached hydrogens (tertiary/aromatic N) is 1. The van der Waals surface area contributed by atoms with Gasteiger partial charge in [0.1, 0.15) is 0 Å². The maximum absolute atomic E-state index is 9.00. The van der Waals surface area contributed by atoms with Crippen molar-refractivity contribution in [3.05, 3.63) is 0 Å². The summed E-state index contributed by atoms with van der Waals surface area (Å²) in [6, 6.07) is 0. The van der Waals surface area contributed by atoms with E-state index in [1.54, 1.807) is 0 Å². The van der Waals surface area contributed by atoms with Crippen LogP contribution in [0.15, 0.2) is 0 Å². The molecule has 0 aromatic carbocycles. The molecule has 0 rings (SSSR count). The number of carboxylic acid groups (broad SMARTS) is 1. The summed E-state index contributed by atoms with van der Waals surface area (Å²) in [5.41, 5.74) is 0. The second-order valence-electron chi connectivity index (χ2n) is 2.39. The molecule has 0 aromatic heterocycles. The van der Waals surface area contributed by atoms with Crippen molar-refractivity contribution >= 4 is 40.8 Å². The van der Waals surface area contributed by atoms with Crippen LogP contribution in [0.1, 0.15) is 27.7 Å². The van der Waals surface area contributed by atoms with Crippen LogP contribution in [0.2, 0.25) is 0 Å². The van der Waals surface area contributed by atoms with Crippen molar-refractivity contribution in [3.8, 4) is 0 Å². The van der Waals surface area contributed by atoms with Crippen molar-refractivity contribution in [2.45, 2.75) is 32.0 Å². The van der Waals surface area contributed by atoms with Crippen LogP contribution in [0, 0.1) is 0 Å². The van der Waals surface area contributed by atoms with Gasteiger partial charge in [0.25, 0.3) is 5.97 Å². The van der Waals surface area contributed by atoms with Crippen molar-refractivity contribution in [3.63, 3.8) is 0 Å². The average molecular weight is 331 g/mol. The minimum atomic E-state index is -0.833. The number of carboxylic acids is 1. The Labute approximate surface area is 125 Å². The SMILES string of the molecule is CC(=O)O.CCN(CC)CC.CO.ClC(Cl)Cl.O. The molecule has 0 aliphatic rings. The quantitative estimate of drug-likeness (QED) is 0.776. The molecule has 0 saturated carbocycles. The largest absolute Gasteiger partial charge is 0.481 e. The highest BCUT2D eigenvalue weighted by atomic mass is 35.6. The first kappa shape index (κ1) is 30.9. The van der Waals surface area contributed by atoms with Crippen LogP contribution in [0.4, 0.5) is 0 Å². The zero-order chi connectivity index (χ0) is 14.9. The summed E-state index contributed by atoms with van der Waals surface area (Å²) in [5.74, 6) is -0.833. The number of carbonyl (C=O) groups is 1. The van der Waals surface area contributed by atoms with Gasteiger partial charge in [-0.3, -0.25) is 4.79 Å². The molecule has 0 aromatic rings. The maximum atomic E-state index is 9.00. The molecule has 18 heavy (non-hydrogen) atoms. The van der Waals surface area contributed by atoms with Gasteiger partial charge in [0.05, 0.1) is 0 Å². The highest BCUT2D eigenvalue weighted by molar-refractivity contribution is 6.63. The topological polar surface area (TPSA) is 92.3 Å². The molecular weight excluding hydrogens is 304 g/mol. The van der Waals surface area contributed by atoms with E-state index >= 15 is 0 Å². The maximum Gasteiger partial charge on any atom is 0.300 e. The van der Waals surface area contributed by atoms with E-state index in [1.807, 2.05) is 0 Å². The monoisotopic (exact) mass is 329 g/mol. The minimum absolute atomic E-state index is 0. The number of hydrogen-bond acceptors (Lipinski definition) is 3. The molecule has 0 atom stereocenters. The normalized spacial score (nSPS) is 7.72. The number of hydrogen-bond donors (Lipinski definition) is 2. The van der Waals surface area contributed by atoms with E-state index in [1.165, 1.54) is 19.6 Å². The van der Waals surface area contributed by atoms with Crippen molar-refractivity contribution in [1.29, 1.82) is 0 Å². The number of halogens is 3. The fourth-order valence-corrected chi connectivity index (χ4v) is 0.671. The van der Waals surface area contributed by atoms with Crippen molar-refractivity contribution in [1.82, 2.24) is 4.90 Å². The third-order valence-corrected chi connectivity index (χ3v) is 1.34. The number of alkyl halides is 3. The molecule has 4 N–H and O–H groups in total. The molecule has 5 nitrogen and oxygen atoms in total. The molecule has 0 bridgehead atoms. The van der Waals surface area contributed by atoms with E-state index in [4.69, 9.17) is 49.8 Å². The molecule has 0 heterocycles. The Bertz CT molecular complexity index is 124. The minimum Gasteiger partial charge on any atom is -0.481 e. The van der Waals surface area contributed by atoms with Crippen LogP contribution in [-0.4, -0.2) is 57.6 Å². The molecule has 0 unspecified atom stereocenters. The van der Waals surface area contributed by atoms with Crippen LogP contribution in [0.25, 0.3) is 0 Å². The Morgan fingerprint density at radius 3 is 1.17 bits per heavy atom. The summed E-state index contributed by atoms with van der Waals surface area (Å²) >= 11 is 14.4. The summed E-state index contributed by atoms with van der Waals surface area (Å²) in [4.78, 5) is 11.4. The lowest BCUT2D eigenvalue weighted by molar-refractivity contribution is -0.134. The highest BCUT2D eigenvalue weighted by Gasteiger charge is 1.89. The molecule has 0 aliphatic heterocycles. The fraction of sp³-hybridized carbons (Fsp3) is 0.900. The van der Waals surface area contributed by atoms with Gasteiger partial charge in [0.2, 0.25) is 0 Å². The van der Waals surface area contributed by atoms with Gasteiger partial charge in [-0.2, -0.15) is 0 Å². The molecule has 0 radical (unpaired) electrons. The lowest BCUT2D eigenvalue weighted by Gasteiger charge is -2.13. The standard InChI is InChI=1S/C6H15N.C2H4O2.CHCl3.CH4O.H2O/c1-4-7(5-2)6-3;1-2(3)4;2-1(3)4;1-2;/h4-6H2,1-3H3;1H3,(H,3,4);1H;2H,1H3;1H2. The first-order valence-electron chi connectivity index (χ1n) is 5.10. The van der Waals surface area contributed by atoms with Crippen LogP contribution in [-0.2, 0) is 4.79 Å². The van der Waals surface area contributed by atoms with E-state index < -0.39 is 10.3 Å². The molecule has 0 amide bonds. The summed E-state index contributed by atoms with van der Waals surface area (Å²) in [6.07, 6.45) is 0. The highest BCUT2D eigenvalue weighted by Crippen LogP contribution is 2.03. The zero-order valence-electron chi connectivity index (χ0n) is 11.6. The predicted molar refractivity (Wildman–Crippen MR) is 79.9 cm³/mol. The van der Waals surface area contributed by atoms with E-state index in [2.05, 4.69) is 25.7 Å². The number of rotatable bonds is 3. The van der Waals surface area contributed by atoms with Crippen molar-refractivity contribution in [2.75, 3.05) is 26.7 Å². The molecule has 116 valence electrons. The molecule has 0 fully saturated rings. The summed E-state index contributed by atoms with van der Waals surface area (Å²) in [6.45, 7) is 11.2. The van der Waals surface area contributed by atoms with Crippen LogP contribution >= 0.6 is 34.8 Å². The van der Waals surface area contributed by atoms with Gasteiger partial charge in [-0.1, -0.05) is 55.6 Å². The molecule has 0 saturated heterocycles. The first-order chi connectivity index (χ1) is 7.81. The van der Waals surface area contributed by atoms with Gasteiger partial charge in [-0.15, -0.1) is 0 Å². The lowest BCUT2D eigenvalue weighted by Crippen LogP contribution is -2.21. The smallest absolute Gasteiger partial charge is 0.300 e. The number of aliphatic hydroxyl groups excluding tert-OH is 1. The van der Waals surface area contributed by atoms with Crippen molar-refractivity contribution < 1.29 is 20.5 Å². The Morgan fingerprint density at radius 2 is 1.17 bits per heavy atom. The summed E-state index contributed by atoms with van der Waals surface area (Å²) in [7, 11) is 1.00. The van der Waals surface area contributed by atoms with Crippen LogP contribution < -0.4 is 0 Å². The molecule has 8 heteroatoms. The number of aliphatic carboxylic acids is 1. The van der Waals surface area contributed by atoms with E-state index in [0.29, 0.717) is 0 Å². The second kappa shape index (κ2) is 30.3. The summed E-state index contributed by atoms with van der Waals surface area (Å²) in [5, 5.41) is 14.4. The van der Waals surface area contributed by atoms with E-state index in [-0.39, 0.29) is 5.48 Å².